The molecule has 0 atom stereocenters. The molecule has 26 heavy (non-hydrogen) atoms. The molecular formula is C19H20N4O2S. The van der Waals surface area contributed by atoms with Gasteiger partial charge in [-0.1, -0.05) is 23.8 Å². The van der Waals surface area contributed by atoms with E-state index in [2.05, 4.69) is 15.5 Å². The smallest absolute Gasteiger partial charge is 0.275 e. The summed E-state index contributed by atoms with van der Waals surface area (Å²) >= 11 is 1.55. The number of carbonyl (C=O) groups excluding carboxylic acids is 2. The molecule has 1 aromatic heterocycles. The number of para-hydroxylation sites is 1. The second-order valence-electron chi connectivity index (χ2n) is 6.03. The van der Waals surface area contributed by atoms with Gasteiger partial charge in [-0.25, -0.2) is 0 Å². The molecule has 0 aliphatic heterocycles. The van der Waals surface area contributed by atoms with Crippen molar-refractivity contribution >= 4 is 40.2 Å². The lowest BCUT2D eigenvalue weighted by atomic mass is 10.1. The molecule has 2 amide bonds. The van der Waals surface area contributed by atoms with Gasteiger partial charge in [0.05, 0.1) is 17.7 Å². The Morgan fingerprint density at radius 3 is 2.77 bits per heavy atom. The van der Waals surface area contributed by atoms with Gasteiger partial charge < -0.3 is 10.2 Å². The van der Waals surface area contributed by atoms with Crippen LogP contribution in [0.4, 0.5) is 5.69 Å². The Kier molecular flexibility index (Phi) is 5.27. The summed E-state index contributed by atoms with van der Waals surface area (Å²) in [6.07, 6.45) is 1.95. The number of hydrogen-bond donors (Lipinski definition) is 2. The average Bonchev–Trinajstić information content (AvgIpc) is 3.04. The first-order valence-corrected chi connectivity index (χ1v) is 9.35. The summed E-state index contributed by atoms with van der Waals surface area (Å²) < 4.78 is 0. The van der Waals surface area contributed by atoms with Crippen LogP contribution in [0.5, 0.6) is 0 Å². The molecule has 0 aliphatic rings. The van der Waals surface area contributed by atoms with E-state index >= 15 is 0 Å². The van der Waals surface area contributed by atoms with Gasteiger partial charge in [-0.3, -0.25) is 14.7 Å². The first kappa shape index (κ1) is 18.0. The van der Waals surface area contributed by atoms with Crippen LogP contribution in [0.3, 0.4) is 0 Å². The van der Waals surface area contributed by atoms with E-state index in [1.807, 2.05) is 55.6 Å². The molecule has 3 aromatic rings. The maximum absolute atomic E-state index is 12.7. The van der Waals surface area contributed by atoms with Gasteiger partial charge in [0.2, 0.25) is 5.91 Å². The number of aromatic nitrogens is 2. The van der Waals surface area contributed by atoms with Crippen molar-refractivity contribution in [2.45, 2.75) is 11.8 Å². The van der Waals surface area contributed by atoms with Crippen LogP contribution in [0.1, 0.15) is 16.1 Å². The van der Waals surface area contributed by atoms with Gasteiger partial charge in [-0.2, -0.15) is 5.10 Å². The Morgan fingerprint density at radius 2 is 2.00 bits per heavy atom. The molecule has 134 valence electrons. The number of amides is 2. The highest BCUT2D eigenvalue weighted by molar-refractivity contribution is 7.98. The van der Waals surface area contributed by atoms with Crippen LogP contribution in [0, 0.1) is 6.92 Å². The van der Waals surface area contributed by atoms with Gasteiger partial charge in [0.15, 0.2) is 5.69 Å². The van der Waals surface area contributed by atoms with Crippen molar-refractivity contribution in [2.75, 3.05) is 25.2 Å². The third-order valence-corrected chi connectivity index (χ3v) is 4.83. The van der Waals surface area contributed by atoms with Crippen molar-refractivity contribution in [1.29, 1.82) is 0 Å². The minimum Gasteiger partial charge on any atom is -0.331 e. The molecule has 6 nitrogen and oxygen atoms in total. The number of aromatic amines is 1. The molecule has 0 spiro atoms. The van der Waals surface area contributed by atoms with Gasteiger partial charge in [-0.05, 0) is 37.4 Å². The number of anilines is 1. The zero-order chi connectivity index (χ0) is 18.7. The van der Waals surface area contributed by atoms with Gasteiger partial charge in [0, 0.05) is 17.3 Å². The van der Waals surface area contributed by atoms with Crippen LogP contribution in [0.25, 0.3) is 10.9 Å². The lowest BCUT2D eigenvalue weighted by molar-refractivity contribution is -0.116. The van der Waals surface area contributed by atoms with E-state index in [-0.39, 0.29) is 18.4 Å². The zero-order valence-corrected chi connectivity index (χ0v) is 15.7. The number of rotatable bonds is 5. The van der Waals surface area contributed by atoms with Crippen molar-refractivity contribution in [2.24, 2.45) is 0 Å². The lowest BCUT2D eigenvalue weighted by Crippen LogP contribution is -2.35. The minimum absolute atomic E-state index is 0.0539. The van der Waals surface area contributed by atoms with Crippen LogP contribution >= 0.6 is 11.8 Å². The maximum atomic E-state index is 12.7. The number of nitrogens with zero attached hydrogens (tertiary/aromatic N) is 2. The zero-order valence-electron chi connectivity index (χ0n) is 14.9. The number of carbonyl (C=O) groups is 2. The molecule has 0 saturated carbocycles. The number of aryl methyl sites for hydroxylation is 1. The van der Waals surface area contributed by atoms with E-state index in [0.717, 1.165) is 27.0 Å². The predicted octanol–water partition coefficient (Wildman–Crippen LogP) is 3.30. The number of fused-ring (bicyclic) bond motifs is 1. The summed E-state index contributed by atoms with van der Waals surface area (Å²) in [5.41, 5.74) is 2.91. The second-order valence-corrected chi connectivity index (χ2v) is 6.88. The summed E-state index contributed by atoms with van der Waals surface area (Å²) in [4.78, 5) is 27.4. The fourth-order valence-electron chi connectivity index (χ4n) is 2.70. The molecule has 0 saturated heterocycles. The summed E-state index contributed by atoms with van der Waals surface area (Å²) in [5, 5.41) is 10.6. The monoisotopic (exact) mass is 368 g/mol. The van der Waals surface area contributed by atoms with Crippen LogP contribution in [-0.2, 0) is 4.79 Å². The maximum Gasteiger partial charge on any atom is 0.275 e. The van der Waals surface area contributed by atoms with E-state index in [1.165, 1.54) is 4.90 Å². The summed E-state index contributed by atoms with van der Waals surface area (Å²) in [7, 11) is 1.60. The Morgan fingerprint density at radius 1 is 1.23 bits per heavy atom. The Labute approximate surface area is 156 Å². The lowest BCUT2D eigenvalue weighted by Gasteiger charge is -2.16. The van der Waals surface area contributed by atoms with Crippen molar-refractivity contribution in [3.05, 3.63) is 53.7 Å². The summed E-state index contributed by atoms with van der Waals surface area (Å²) in [5.74, 6) is -0.548. The van der Waals surface area contributed by atoms with E-state index in [0.29, 0.717) is 5.69 Å². The van der Waals surface area contributed by atoms with Crippen LogP contribution in [-0.4, -0.2) is 46.8 Å². The molecule has 0 aliphatic carbocycles. The number of hydrogen-bond acceptors (Lipinski definition) is 4. The van der Waals surface area contributed by atoms with Crippen molar-refractivity contribution < 1.29 is 9.59 Å². The number of thioether (sulfide) groups is 1. The average molecular weight is 368 g/mol. The highest BCUT2D eigenvalue weighted by Gasteiger charge is 2.20. The molecule has 0 unspecified atom stereocenters. The van der Waals surface area contributed by atoms with E-state index in [1.54, 1.807) is 18.8 Å². The van der Waals surface area contributed by atoms with Gasteiger partial charge >= 0.3 is 0 Å². The fraction of sp³-hybridized carbons (Fsp3) is 0.211. The number of nitrogens with one attached hydrogen (secondary N) is 2. The standard InChI is InChI=1S/C19H20N4O2S/c1-12-8-9-14-13(10-12)18(22-21-14)19(25)23(2)11-17(24)20-15-6-4-5-7-16(15)26-3/h4-10H,11H2,1-3H3,(H,20,24)(H,21,22). The minimum atomic E-state index is -0.296. The highest BCUT2D eigenvalue weighted by atomic mass is 32.2. The quantitative estimate of drug-likeness (QED) is 0.677. The van der Waals surface area contributed by atoms with Crippen molar-refractivity contribution in [1.82, 2.24) is 15.1 Å². The topological polar surface area (TPSA) is 78.1 Å². The van der Waals surface area contributed by atoms with Gasteiger partial charge in [-0.15, -0.1) is 11.8 Å². The summed E-state index contributed by atoms with van der Waals surface area (Å²) in [6.45, 7) is 1.91. The van der Waals surface area contributed by atoms with Gasteiger partial charge in [0.25, 0.3) is 5.91 Å². The predicted molar refractivity (Wildman–Crippen MR) is 105 cm³/mol. The molecular weight excluding hydrogens is 348 g/mol. The molecule has 1 heterocycles. The third-order valence-electron chi connectivity index (χ3n) is 4.03. The molecule has 2 aromatic carbocycles. The molecule has 0 bridgehead atoms. The van der Waals surface area contributed by atoms with E-state index in [4.69, 9.17) is 0 Å². The third kappa shape index (κ3) is 3.72. The SMILES string of the molecule is CSc1ccccc1NC(=O)CN(C)C(=O)c1n[nH]c2ccc(C)cc12. The van der Waals surface area contributed by atoms with Gasteiger partial charge in [0.1, 0.15) is 0 Å². The van der Waals surface area contributed by atoms with E-state index in [9.17, 15) is 9.59 Å². The number of benzene rings is 2. The first-order valence-electron chi connectivity index (χ1n) is 8.12. The van der Waals surface area contributed by atoms with E-state index < -0.39 is 0 Å². The van der Waals surface area contributed by atoms with Crippen LogP contribution < -0.4 is 5.32 Å². The number of H-pyrrole nitrogens is 1. The normalized spacial score (nSPS) is 10.7. The molecule has 3 rings (SSSR count). The number of likely N-dealkylation sites (N-methyl/N-ethyl adjacent to an activating group) is 1. The molecule has 2 N–H and O–H groups in total. The fourth-order valence-corrected chi connectivity index (χ4v) is 3.25. The first-order chi connectivity index (χ1) is 12.5. The Balaban J connectivity index is 1.72. The second kappa shape index (κ2) is 7.61. The van der Waals surface area contributed by atoms with Crippen molar-refractivity contribution in [3.63, 3.8) is 0 Å². The summed E-state index contributed by atoms with van der Waals surface area (Å²) in [6, 6.07) is 13.3. The highest BCUT2D eigenvalue weighted by Crippen LogP contribution is 2.24. The van der Waals surface area contributed by atoms with Crippen LogP contribution in [0.2, 0.25) is 0 Å². The molecule has 7 heteroatoms. The largest absolute Gasteiger partial charge is 0.331 e. The molecule has 0 radical (unpaired) electrons. The Bertz CT molecular complexity index is 967. The van der Waals surface area contributed by atoms with Crippen molar-refractivity contribution in [3.8, 4) is 0 Å². The Hall–Kier alpha value is -2.80. The molecule has 0 fully saturated rings. The van der Waals surface area contributed by atoms with Crippen LogP contribution in [0.15, 0.2) is 47.4 Å².